The van der Waals surface area contributed by atoms with Crippen LogP contribution in [-0.4, -0.2) is 62.5 Å². The third-order valence-corrected chi connectivity index (χ3v) is 6.52. The molecule has 206 valence electrons. The van der Waals surface area contributed by atoms with Gasteiger partial charge in [0, 0.05) is 0 Å². The summed E-state index contributed by atoms with van der Waals surface area (Å²) < 4.78 is 56.7. The fourth-order valence-corrected chi connectivity index (χ4v) is 4.73. The van der Waals surface area contributed by atoms with E-state index in [2.05, 4.69) is 21.9 Å². The van der Waals surface area contributed by atoms with Crippen molar-refractivity contribution in [3.05, 3.63) is 47.0 Å². The topological polar surface area (TPSA) is 174 Å². The van der Waals surface area contributed by atoms with E-state index < -0.39 is 62.4 Å². The number of para-hydroxylation sites is 1. The Morgan fingerprint density at radius 3 is 2.63 bits per heavy atom. The Bertz CT molecular complexity index is 1300. The molecule has 2 heterocycles. The molecule has 3 N–H and O–H groups in total. The van der Waals surface area contributed by atoms with Crippen LogP contribution >= 0.6 is 7.82 Å². The summed E-state index contributed by atoms with van der Waals surface area (Å²) in [7, 11) is -4.60. The van der Waals surface area contributed by atoms with E-state index in [0.29, 0.717) is 4.68 Å². The lowest BCUT2D eigenvalue weighted by Crippen LogP contribution is -2.45. The minimum Gasteiger partial charge on any atom is -0.461 e. The number of phosphoric acid groups is 1. The molecule has 1 fully saturated rings. The number of alkyl halides is 1. The average molecular weight is 554 g/mol. The molecular formula is C23H28FN4O9P. The monoisotopic (exact) mass is 554 g/mol. The molecule has 6 atom stereocenters. The highest BCUT2D eigenvalue weighted by Gasteiger charge is 2.59. The molecule has 13 nitrogen and oxygen atoms in total. The van der Waals surface area contributed by atoms with Gasteiger partial charge in [-0.1, -0.05) is 24.1 Å². The molecule has 3 rings (SSSR count). The molecule has 0 saturated carbocycles. The van der Waals surface area contributed by atoms with Crippen LogP contribution in [0.3, 0.4) is 0 Å². The third kappa shape index (κ3) is 6.75. The molecular weight excluding hydrogens is 526 g/mol. The number of phosphoric ester groups is 1. The first kappa shape index (κ1) is 29.2. The van der Waals surface area contributed by atoms with Gasteiger partial charge in [-0.15, -0.1) is 5.92 Å². The van der Waals surface area contributed by atoms with Gasteiger partial charge in [0.25, 0.3) is 0 Å². The van der Waals surface area contributed by atoms with Gasteiger partial charge >= 0.3 is 19.5 Å². The largest absolute Gasteiger partial charge is 0.530 e. The van der Waals surface area contributed by atoms with Gasteiger partial charge in [-0.25, -0.2) is 18.5 Å². The first-order chi connectivity index (χ1) is 17.9. The summed E-state index contributed by atoms with van der Waals surface area (Å²) in [5.41, 5.74) is 1.55. The smallest absolute Gasteiger partial charge is 0.461 e. The van der Waals surface area contributed by atoms with Gasteiger partial charge < -0.3 is 24.8 Å². The van der Waals surface area contributed by atoms with Crippen LogP contribution in [0.15, 0.2) is 41.3 Å². The normalized spacial score (nSPS) is 25.2. The van der Waals surface area contributed by atoms with Crippen molar-refractivity contribution in [3.63, 3.8) is 0 Å². The highest BCUT2D eigenvalue weighted by molar-refractivity contribution is 7.49. The third-order valence-electron chi connectivity index (χ3n) is 5.05. The lowest BCUT2D eigenvalue weighted by molar-refractivity contribution is -0.156. The minimum atomic E-state index is -4.60. The number of anilines is 1. The lowest BCUT2D eigenvalue weighted by Gasteiger charge is -2.24. The van der Waals surface area contributed by atoms with Gasteiger partial charge in [0.1, 0.15) is 23.8 Å². The molecule has 1 aromatic carbocycles. The zero-order valence-electron chi connectivity index (χ0n) is 21.0. The summed E-state index contributed by atoms with van der Waals surface area (Å²) in [5.74, 6) is 3.57. The predicted molar refractivity (Wildman–Crippen MR) is 130 cm³/mol. The first-order valence-electron chi connectivity index (χ1n) is 11.4. The van der Waals surface area contributed by atoms with Gasteiger partial charge in [-0.2, -0.15) is 14.8 Å². The second-order valence-electron chi connectivity index (χ2n) is 8.40. The number of nitrogens with zero attached hydrogens (tertiary/aromatic N) is 3. The molecule has 0 amide bonds. The number of carbonyl (C=O) groups is 1. The molecule has 0 bridgehead atoms. The number of halogens is 1. The SMILES string of the molecule is CC#C[C@@]1(F)C(O)[C@@H](CO[P@](=O)(Oc2ccccc2)O[C@@H](C)C(=O)OC(C)C)O[C@H]1n1ncc(N)nc1=O. The number of aliphatic hydroxyl groups is 1. The number of carbonyl (C=O) groups excluding carboxylic acids is 1. The number of esters is 1. The Morgan fingerprint density at radius 1 is 1.34 bits per heavy atom. The number of rotatable bonds is 10. The van der Waals surface area contributed by atoms with E-state index in [1.54, 1.807) is 32.0 Å². The standard InChI is InChI=1S/C23H28FN4O9P/c1-5-11-23(24)19(29)17(35-21(23)28-22(31)27-18(25)12-26-28)13-33-38(32,37-16-9-7-6-8-10-16)36-15(4)20(30)34-14(2)3/h6-10,12,14-15,17,19,21,29H,13H2,1-4H3,(H2,25,27,31)/t15-,17+,19?,21+,23+,38-/m0/s1. The highest BCUT2D eigenvalue weighted by Crippen LogP contribution is 2.52. The number of nitrogen functional groups attached to an aromatic ring is 1. The summed E-state index contributed by atoms with van der Waals surface area (Å²) in [5, 5.41) is 14.5. The maximum absolute atomic E-state index is 15.9. The lowest BCUT2D eigenvalue weighted by atomic mass is 9.97. The maximum Gasteiger partial charge on any atom is 0.530 e. The molecule has 15 heteroatoms. The van der Waals surface area contributed by atoms with Gasteiger partial charge in [0.05, 0.1) is 18.9 Å². The van der Waals surface area contributed by atoms with Crippen molar-refractivity contribution in [3.8, 4) is 17.6 Å². The number of hydrogen-bond donors (Lipinski definition) is 2. The molecule has 38 heavy (non-hydrogen) atoms. The van der Waals surface area contributed by atoms with Crippen LogP contribution < -0.4 is 15.9 Å². The molecule has 1 unspecified atom stereocenters. The molecule has 1 aliphatic rings. The Balaban J connectivity index is 1.86. The number of hydrogen-bond acceptors (Lipinski definition) is 12. The van der Waals surface area contributed by atoms with Crippen molar-refractivity contribution in [2.75, 3.05) is 12.3 Å². The molecule has 0 aliphatic carbocycles. The first-order valence-corrected chi connectivity index (χ1v) is 12.9. The van der Waals surface area contributed by atoms with Crippen molar-refractivity contribution < 1.29 is 41.9 Å². The predicted octanol–water partition coefficient (Wildman–Crippen LogP) is 1.77. The Hall–Kier alpha value is -3.34. The summed E-state index contributed by atoms with van der Waals surface area (Å²) >= 11 is 0. The van der Waals surface area contributed by atoms with Gasteiger partial charge in [0.15, 0.2) is 6.10 Å². The number of benzene rings is 1. The number of ether oxygens (including phenoxy) is 2. The van der Waals surface area contributed by atoms with Gasteiger partial charge in [-0.3, -0.25) is 9.05 Å². The summed E-state index contributed by atoms with van der Waals surface area (Å²) in [6.45, 7) is 5.08. The van der Waals surface area contributed by atoms with E-state index >= 15 is 4.39 Å². The molecule has 2 aromatic rings. The Labute approximate surface area is 217 Å². The van der Waals surface area contributed by atoms with Crippen molar-refractivity contribution in [2.24, 2.45) is 0 Å². The quantitative estimate of drug-likeness (QED) is 0.248. The molecule has 0 radical (unpaired) electrons. The van der Waals surface area contributed by atoms with E-state index in [1.165, 1.54) is 26.0 Å². The van der Waals surface area contributed by atoms with Gasteiger partial charge in [0.2, 0.25) is 11.9 Å². The van der Waals surface area contributed by atoms with Gasteiger partial charge in [-0.05, 0) is 39.8 Å². The highest BCUT2D eigenvalue weighted by atomic mass is 31.2. The van der Waals surface area contributed by atoms with Crippen LogP contribution in [0.1, 0.15) is 33.9 Å². The van der Waals surface area contributed by atoms with Crippen molar-refractivity contribution in [1.82, 2.24) is 14.8 Å². The van der Waals surface area contributed by atoms with E-state index in [9.17, 15) is 19.3 Å². The van der Waals surface area contributed by atoms with Crippen LogP contribution in [0.2, 0.25) is 0 Å². The van der Waals surface area contributed by atoms with Crippen molar-refractivity contribution >= 4 is 19.6 Å². The maximum atomic E-state index is 15.9. The number of nitrogens with two attached hydrogens (primary N) is 1. The fourth-order valence-electron chi connectivity index (χ4n) is 3.39. The Morgan fingerprint density at radius 2 is 2.03 bits per heavy atom. The van der Waals surface area contributed by atoms with Crippen LogP contribution in [-0.2, 0) is 27.9 Å². The van der Waals surface area contributed by atoms with E-state index in [4.69, 9.17) is 28.8 Å². The molecule has 1 aliphatic heterocycles. The zero-order chi connectivity index (χ0) is 28.1. The molecule has 1 aromatic heterocycles. The summed E-state index contributed by atoms with van der Waals surface area (Å²) in [6, 6.07) is 7.79. The van der Waals surface area contributed by atoms with Crippen LogP contribution in [0, 0.1) is 11.8 Å². The van der Waals surface area contributed by atoms with E-state index in [-0.39, 0.29) is 11.6 Å². The van der Waals surface area contributed by atoms with Crippen LogP contribution in [0.4, 0.5) is 10.2 Å². The van der Waals surface area contributed by atoms with E-state index in [0.717, 1.165) is 6.20 Å². The van der Waals surface area contributed by atoms with Crippen molar-refractivity contribution in [1.29, 1.82) is 0 Å². The number of aliphatic hydroxyl groups excluding tert-OH is 1. The molecule has 1 saturated heterocycles. The fraction of sp³-hybridized carbons (Fsp3) is 0.478. The summed E-state index contributed by atoms with van der Waals surface area (Å²) in [4.78, 5) is 28.0. The second kappa shape index (κ2) is 12.0. The van der Waals surface area contributed by atoms with Crippen LogP contribution in [0.5, 0.6) is 5.75 Å². The zero-order valence-corrected chi connectivity index (χ0v) is 21.9. The Kier molecular flexibility index (Phi) is 9.24. The second-order valence-corrected chi connectivity index (χ2v) is 9.95. The average Bonchev–Trinajstić information content (AvgIpc) is 3.08. The molecule has 0 spiro atoms. The number of aromatic nitrogens is 3. The van der Waals surface area contributed by atoms with Crippen LogP contribution in [0.25, 0.3) is 0 Å². The van der Waals surface area contributed by atoms with Crippen molar-refractivity contribution in [2.45, 2.75) is 64.0 Å². The minimum absolute atomic E-state index is 0.0754. The summed E-state index contributed by atoms with van der Waals surface area (Å²) in [6.07, 6.45) is -6.25. The van der Waals surface area contributed by atoms with E-state index in [1.807, 2.05) is 0 Å².